The van der Waals surface area contributed by atoms with Crippen molar-refractivity contribution in [1.82, 2.24) is 5.32 Å². The van der Waals surface area contributed by atoms with Crippen LogP contribution in [0.15, 0.2) is 42.5 Å². The maximum Gasteiger partial charge on any atom is 0.573 e. The lowest BCUT2D eigenvalue weighted by Crippen LogP contribution is -2.38. The number of ether oxygens (including phenoxy) is 2. The number of benzene rings is 2. The van der Waals surface area contributed by atoms with Crippen molar-refractivity contribution >= 4 is 29.1 Å². The summed E-state index contributed by atoms with van der Waals surface area (Å²) in [5, 5.41) is 13.2. The molecule has 1 amide bonds. The van der Waals surface area contributed by atoms with E-state index in [4.69, 9.17) is 27.9 Å². The van der Waals surface area contributed by atoms with Gasteiger partial charge >= 0.3 is 6.36 Å². The van der Waals surface area contributed by atoms with Crippen molar-refractivity contribution in [3.8, 4) is 11.5 Å². The molecule has 2 rings (SSSR count). The molecule has 0 saturated heterocycles. The summed E-state index contributed by atoms with van der Waals surface area (Å²) in [4.78, 5) is 12.1. The largest absolute Gasteiger partial charge is 0.573 e. The third kappa shape index (κ3) is 6.78. The molecule has 0 aliphatic heterocycles. The number of halogens is 5. The Morgan fingerprint density at radius 3 is 2.39 bits per heavy atom. The molecular weight excluding hydrogens is 422 g/mol. The first kappa shape index (κ1) is 22.1. The number of carbonyl (C=O) groups excluding carboxylic acids is 1. The smallest absolute Gasteiger partial charge is 0.479 e. The predicted molar refractivity (Wildman–Crippen MR) is 97.6 cm³/mol. The normalized spacial score (nSPS) is 13.5. The SMILES string of the molecule is CC(Oc1ccc(Cl)cc1Cl)C(=O)NCC(O)c1ccc(OC(F)(F)F)cc1. The van der Waals surface area contributed by atoms with E-state index >= 15 is 0 Å². The monoisotopic (exact) mass is 437 g/mol. The van der Waals surface area contributed by atoms with Gasteiger partial charge in [0.15, 0.2) is 6.10 Å². The zero-order chi connectivity index (χ0) is 20.9. The number of nitrogens with one attached hydrogen (secondary N) is 1. The number of amides is 1. The van der Waals surface area contributed by atoms with Crippen LogP contribution < -0.4 is 14.8 Å². The lowest BCUT2D eigenvalue weighted by molar-refractivity contribution is -0.274. The first-order chi connectivity index (χ1) is 13.0. The molecule has 5 nitrogen and oxygen atoms in total. The first-order valence-corrected chi connectivity index (χ1v) is 8.74. The molecule has 2 aromatic rings. The molecule has 2 unspecified atom stereocenters. The summed E-state index contributed by atoms with van der Waals surface area (Å²) in [5.74, 6) is -0.647. The number of aliphatic hydroxyl groups is 1. The minimum atomic E-state index is -4.79. The maximum absolute atomic E-state index is 12.1. The van der Waals surface area contributed by atoms with Gasteiger partial charge in [-0.2, -0.15) is 0 Å². The summed E-state index contributed by atoms with van der Waals surface area (Å²) < 4.78 is 45.6. The molecule has 0 saturated carbocycles. The Hall–Kier alpha value is -2.16. The van der Waals surface area contributed by atoms with E-state index in [0.29, 0.717) is 10.6 Å². The second-order valence-corrected chi connectivity index (χ2v) is 6.56. The maximum atomic E-state index is 12.1. The summed E-state index contributed by atoms with van der Waals surface area (Å²) in [7, 11) is 0. The predicted octanol–water partition coefficient (Wildman–Crippen LogP) is 4.51. The molecule has 0 aliphatic rings. The highest BCUT2D eigenvalue weighted by Crippen LogP contribution is 2.28. The van der Waals surface area contributed by atoms with E-state index in [1.807, 2.05) is 0 Å². The third-order valence-corrected chi connectivity index (χ3v) is 4.07. The van der Waals surface area contributed by atoms with E-state index in [0.717, 1.165) is 12.1 Å². The Balaban J connectivity index is 1.87. The number of hydrogen-bond donors (Lipinski definition) is 2. The van der Waals surface area contributed by atoms with Crippen LogP contribution >= 0.6 is 23.2 Å². The quantitative estimate of drug-likeness (QED) is 0.668. The highest BCUT2D eigenvalue weighted by atomic mass is 35.5. The van der Waals surface area contributed by atoms with Crippen molar-refractivity contribution in [3.05, 3.63) is 58.1 Å². The number of hydrogen-bond acceptors (Lipinski definition) is 4. The van der Waals surface area contributed by atoms with Crippen molar-refractivity contribution in [2.75, 3.05) is 6.54 Å². The molecule has 0 aromatic heterocycles. The van der Waals surface area contributed by atoms with Gasteiger partial charge in [-0.1, -0.05) is 35.3 Å². The summed E-state index contributed by atoms with van der Waals surface area (Å²) >= 11 is 11.8. The van der Waals surface area contributed by atoms with Crippen molar-refractivity contribution in [2.24, 2.45) is 0 Å². The molecule has 10 heteroatoms. The third-order valence-electron chi connectivity index (χ3n) is 3.53. The molecule has 2 aromatic carbocycles. The number of rotatable bonds is 7. The number of carbonyl (C=O) groups is 1. The molecule has 0 radical (unpaired) electrons. The van der Waals surface area contributed by atoms with Crippen molar-refractivity contribution in [2.45, 2.75) is 25.5 Å². The van der Waals surface area contributed by atoms with Crippen molar-refractivity contribution in [1.29, 1.82) is 0 Å². The average molecular weight is 438 g/mol. The van der Waals surface area contributed by atoms with E-state index in [9.17, 15) is 23.1 Å². The van der Waals surface area contributed by atoms with Gasteiger partial charge in [0.1, 0.15) is 11.5 Å². The van der Waals surface area contributed by atoms with Crippen molar-refractivity contribution < 1.29 is 32.5 Å². The van der Waals surface area contributed by atoms with Crippen LogP contribution in [0, 0.1) is 0 Å². The van der Waals surface area contributed by atoms with E-state index in [1.165, 1.54) is 31.2 Å². The Bertz CT molecular complexity index is 815. The van der Waals surface area contributed by atoms with Crippen LogP contribution in [0.5, 0.6) is 11.5 Å². The van der Waals surface area contributed by atoms with Gasteiger partial charge in [0.25, 0.3) is 5.91 Å². The number of aliphatic hydroxyl groups excluding tert-OH is 1. The fourth-order valence-electron chi connectivity index (χ4n) is 2.17. The molecule has 28 heavy (non-hydrogen) atoms. The standard InChI is InChI=1S/C18H16Cl2F3NO4/c1-10(27-16-7-4-12(19)8-14(16)20)17(26)24-9-15(25)11-2-5-13(6-3-11)28-18(21,22)23/h2-8,10,15,25H,9H2,1H3,(H,24,26). The minimum absolute atomic E-state index is 0.166. The Labute approximate surface area is 169 Å². The van der Waals surface area contributed by atoms with E-state index in [-0.39, 0.29) is 17.3 Å². The van der Waals surface area contributed by atoms with Crippen LogP contribution in [0.3, 0.4) is 0 Å². The average Bonchev–Trinajstić information content (AvgIpc) is 2.61. The Morgan fingerprint density at radius 1 is 1.18 bits per heavy atom. The Kier molecular flexibility index (Phi) is 7.40. The van der Waals surface area contributed by atoms with Gasteiger partial charge in [-0.3, -0.25) is 4.79 Å². The van der Waals surface area contributed by atoms with Crippen LogP contribution in [0.25, 0.3) is 0 Å². The van der Waals surface area contributed by atoms with E-state index in [1.54, 1.807) is 6.07 Å². The molecule has 2 atom stereocenters. The van der Waals surface area contributed by atoms with Gasteiger partial charge in [0.05, 0.1) is 11.1 Å². The molecule has 0 bridgehead atoms. The lowest BCUT2D eigenvalue weighted by atomic mass is 10.1. The van der Waals surface area contributed by atoms with Gasteiger partial charge in [-0.05, 0) is 42.8 Å². The molecule has 0 spiro atoms. The molecule has 2 N–H and O–H groups in total. The van der Waals surface area contributed by atoms with E-state index in [2.05, 4.69) is 10.1 Å². The summed E-state index contributed by atoms with van der Waals surface area (Å²) in [6, 6.07) is 9.23. The van der Waals surface area contributed by atoms with Crippen LogP contribution in [-0.2, 0) is 4.79 Å². The lowest BCUT2D eigenvalue weighted by Gasteiger charge is -2.18. The fraction of sp³-hybridized carbons (Fsp3) is 0.278. The highest BCUT2D eigenvalue weighted by molar-refractivity contribution is 6.35. The Morgan fingerprint density at radius 2 is 1.82 bits per heavy atom. The van der Waals surface area contributed by atoms with Crippen LogP contribution in [-0.4, -0.2) is 30.0 Å². The van der Waals surface area contributed by atoms with E-state index < -0.39 is 30.2 Å². The minimum Gasteiger partial charge on any atom is -0.479 e. The van der Waals surface area contributed by atoms with Gasteiger partial charge in [0, 0.05) is 11.6 Å². The van der Waals surface area contributed by atoms with Gasteiger partial charge in [-0.15, -0.1) is 13.2 Å². The fourth-order valence-corrected chi connectivity index (χ4v) is 2.62. The van der Waals surface area contributed by atoms with Crippen LogP contribution in [0.2, 0.25) is 10.0 Å². The molecule has 0 heterocycles. The van der Waals surface area contributed by atoms with Gasteiger partial charge < -0.3 is 19.9 Å². The summed E-state index contributed by atoms with van der Waals surface area (Å²) in [6.07, 6.45) is -6.83. The highest BCUT2D eigenvalue weighted by Gasteiger charge is 2.31. The summed E-state index contributed by atoms with van der Waals surface area (Å²) in [5.41, 5.74) is 0.309. The van der Waals surface area contributed by atoms with Crippen LogP contribution in [0.1, 0.15) is 18.6 Å². The number of alkyl halides is 3. The molecule has 152 valence electrons. The topological polar surface area (TPSA) is 67.8 Å². The first-order valence-electron chi connectivity index (χ1n) is 7.98. The molecule has 0 fully saturated rings. The zero-order valence-corrected chi connectivity index (χ0v) is 16.0. The van der Waals surface area contributed by atoms with Gasteiger partial charge in [0.2, 0.25) is 0 Å². The zero-order valence-electron chi connectivity index (χ0n) is 14.5. The van der Waals surface area contributed by atoms with Crippen molar-refractivity contribution in [3.63, 3.8) is 0 Å². The van der Waals surface area contributed by atoms with Crippen LogP contribution in [0.4, 0.5) is 13.2 Å². The second kappa shape index (κ2) is 9.36. The molecular formula is C18H16Cl2F3NO4. The van der Waals surface area contributed by atoms with Gasteiger partial charge in [-0.25, -0.2) is 0 Å². The summed E-state index contributed by atoms with van der Waals surface area (Å²) in [6.45, 7) is 1.33. The molecule has 0 aliphatic carbocycles. The second-order valence-electron chi connectivity index (χ2n) is 5.71.